The standard InChI is InChI=1S/C11H17N3O2/c1-2-11(4-6-12-7-5-11)10(15)13-9-3-8-16-14-9/h3,8,12H,2,4-7H2,1H3,(H,13,14,15). The number of hydrogen-bond donors (Lipinski definition) is 2. The summed E-state index contributed by atoms with van der Waals surface area (Å²) in [6.45, 7) is 3.87. The Morgan fingerprint density at radius 2 is 2.38 bits per heavy atom. The molecule has 1 aromatic rings. The third kappa shape index (κ3) is 2.09. The average molecular weight is 223 g/mol. The number of hydrogen-bond acceptors (Lipinski definition) is 4. The highest BCUT2D eigenvalue weighted by Gasteiger charge is 2.37. The number of carbonyl (C=O) groups is 1. The Morgan fingerprint density at radius 3 is 2.94 bits per heavy atom. The lowest BCUT2D eigenvalue weighted by Crippen LogP contribution is -2.44. The molecule has 1 aromatic heterocycles. The number of rotatable bonds is 3. The Hall–Kier alpha value is -1.36. The molecule has 2 heterocycles. The third-order valence-electron chi connectivity index (χ3n) is 3.40. The van der Waals surface area contributed by atoms with Gasteiger partial charge >= 0.3 is 0 Å². The lowest BCUT2D eigenvalue weighted by molar-refractivity contribution is -0.127. The van der Waals surface area contributed by atoms with Crippen molar-refractivity contribution in [1.29, 1.82) is 0 Å². The molecule has 0 aliphatic carbocycles. The van der Waals surface area contributed by atoms with Crippen LogP contribution in [-0.4, -0.2) is 24.2 Å². The molecule has 0 aromatic carbocycles. The first-order valence-corrected chi connectivity index (χ1v) is 5.69. The zero-order valence-corrected chi connectivity index (χ0v) is 9.45. The first-order chi connectivity index (χ1) is 7.77. The third-order valence-corrected chi connectivity index (χ3v) is 3.40. The summed E-state index contributed by atoms with van der Waals surface area (Å²) in [6, 6.07) is 1.66. The molecule has 0 saturated carbocycles. The quantitative estimate of drug-likeness (QED) is 0.812. The molecule has 0 bridgehead atoms. The van der Waals surface area contributed by atoms with Gasteiger partial charge in [0.1, 0.15) is 6.26 Å². The van der Waals surface area contributed by atoms with Gasteiger partial charge in [0.25, 0.3) is 0 Å². The summed E-state index contributed by atoms with van der Waals surface area (Å²) in [5.41, 5.74) is -0.246. The maximum absolute atomic E-state index is 12.2. The van der Waals surface area contributed by atoms with Gasteiger partial charge in [-0.1, -0.05) is 12.1 Å². The van der Waals surface area contributed by atoms with Gasteiger partial charge in [0.15, 0.2) is 5.82 Å². The van der Waals surface area contributed by atoms with E-state index in [1.54, 1.807) is 6.07 Å². The fourth-order valence-corrected chi connectivity index (χ4v) is 2.17. The van der Waals surface area contributed by atoms with E-state index in [1.165, 1.54) is 6.26 Å². The maximum atomic E-state index is 12.2. The van der Waals surface area contributed by atoms with Crippen molar-refractivity contribution < 1.29 is 9.32 Å². The lowest BCUT2D eigenvalue weighted by atomic mass is 9.76. The van der Waals surface area contributed by atoms with Crippen molar-refractivity contribution in [1.82, 2.24) is 10.5 Å². The van der Waals surface area contributed by atoms with Crippen LogP contribution in [0.25, 0.3) is 0 Å². The van der Waals surface area contributed by atoms with Gasteiger partial charge < -0.3 is 15.2 Å². The summed E-state index contributed by atoms with van der Waals surface area (Å²) in [5.74, 6) is 0.557. The molecule has 5 heteroatoms. The minimum Gasteiger partial charge on any atom is -0.363 e. The van der Waals surface area contributed by atoms with E-state index in [0.717, 1.165) is 32.4 Å². The Bertz CT molecular complexity index is 342. The summed E-state index contributed by atoms with van der Waals surface area (Å²) in [6.07, 6.45) is 4.08. The molecule has 0 spiro atoms. The molecule has 0 unspecified atom stereocenters. The van der Waals surface area contributed by atoms with E-state index in [9.17, 15) is 4.79 Å². The van der Waals surface area contributed by atoms with Crippen LogP contribution in [-0.2, 0) is 4.79 Å². The number of nitrogens with one attached hydrogen (secondary N) is 2. The maximum Gasteiger partial charge on any atom is 0.231 e. The summed E-state index contributed by atoms with van der Waals surface area (Å²) in [4.78, 5) is 12.2. The average Bonchev–Trinajstić information content (AvgIpc) is 2.82. The zero-order valence-electron chi connectivity index (χ0n) is 9.45. The molecule has 1 aliphatic heterocycles. The van der Waals surface area contributed by atoms with Crippen LogP contribution in [0.3, 0.4) is 0 Å². The first kappa shape index (κ1) is 11.1. The minimum absolute atomic E-state index is 0.0606. The molecule has 1 fully saturated rings. The van der Waals surface area contributed by atoms with Gasteiger partial charge in [-0.3, -0.25) is 4.79 Å². The molecule has 1 saturated heterocycles. The minimum atomic E-state index is -0.246. The highest BCUT2D eigenvalue weighted by atomic mass is 16.5. The molecular formula is C11H17N3O2. The van der Waals surface area contributed by atoms with E-state index < -0.39 is 0 Å². The SMILES string of the molecule is CCC1(C(=O)Nc2ccon2)CCNCC1. The molecular weight excluding hydrogens is 206 g/mol. The topological polar surface area (TPSA) is 67.2 Å². The summed E-state index contributed by atoms with van der Waals surface area (Å²) in [7, 11) is 0. The number of amides is 1. The van der Waals surface area contributed by atoms with E-state index in [-0.39, 0.29) is 11.3 Å². The van der Waals surface area contributed by atoms with Gasteiger partial charge in [-0.2, -0.15) is 0 Å². The normalized spacial score (nSPS) is 19.3. The van der Waals surface area contributed by atoms with Crippen LogP contribution in [0.1, 0.15) is 26.2 Å². The Balaban J connectivity index is 2.06. The molecule has 2 rings (SSSR count). The number of nitrogens with zero attached hydrogens (tertiary/aromatic N) is 1. The van der Waals surface area contributed by atoms with E-state index in [1.807, 2.05) is 0 Å². The van der Waals surface area contributed by atoms with Crippen molar-refractivity contribution in [3.05, 3.63) is 12.3 Å². The monoisotopic (exact) mass is 223 g/mol. The van der Waals surface area contributed by atoms with Crippen molar-refractivity contribution in [3.63, 3.8) is 0 Å². The van der Waals surface area contributed by atoms with Crippen LogP contribution in [0.5, 0.6) is 0 Å². The second kappa shape index (κ2) is 4.65. The molecule has 2 N–H and O–H groups in total. The fraction of sp³-hybridized carbons (Fsp3) is 0.636. The van der Waals surface area contributed by atoms with Crippen molar-refractivity contribution in [2.45, 2.75) is 26.2 Å². The first-order valence-electron chi connectivity index (χ1n) is 5.69. The zero-order chi connectivity index (χ0) is 11.4. The second-order valence-electron chi connectivity index (χ2n) is 4.22. The Kier molecular flexibility index (Phi) is 3.24. The number of aromatic nitrogens is 1. The Labute approximate surface area is 94.6 Å². The van der Waals surface area contributed by atoms with E-state index in [0.29, 0.717) is 5.82 Å². The van der Waals surface area contributed by atoms with Crippen molar-refractivity contribution in [2.24, 2.45) is 5.41 Å². The number of carbonyl (C=O) groups excluding carboxylic acids is 1. The second-order valence-corrected chi connectivity index (χ2v) is 4.22. The number of piperidine rings is 1. The van der Waals surface area contributed by atoms with Crippen molar-refractivity contribution in [3.8, 4) is 0 Å². The van der Waals surface area contributed by atoms with Gasteiger partial charge in [-0.25, -0.2) is 0 Å². The van der Waals surface area contributed by atoms with E-state index >= 15 is 0 Å². The van der Waals surface area contributed by atoms with Crippen LogP contribution in [0.2, 0.25) is 0 Å². The molecule has 1 aliphatic rings. The molecule has 88 valence electrons. The lowest BCUT2D eigenvalue weighted by Gasteiger charge is -2.34. The highest BCUT2D eigenvalue weighted by molar-refractivity contribution is 5.94. The van der Waals surface area contributed by atoms with Crippen LogP contribution in [0, 0.1) is 5.41 Å². The largest absolute Gasteiger partial charge is 0.363 e. The summed E-state index contributed by atoms with van der Waals surface area (Å²) in [5, 5.41) is 9.78. The van der Waals surface area contributed by atoms with Crippen LogP contribution in [0.4, 0.5) is 5.82 Å². The molecule has 0 radical (unpaired) electrons. The van der Waals surface area contributed by atoms with Gasteiger partial charge in [0.05, 0.1) is 5.41 Å². The molecule has 16 heavy (non-hydrogen) atoms. The van der Waals surface area contributed by atoms with Gasteiger partial charge in [0.2, 0.25) is 5.91 Å². The van der Waals surface area contributed by atoms with Gasteiger partial charge in [-0.15, -0.1) is 0 Å². The number of anilines is 1. The van der Waals surface area contributed by atoms with Crippen molar-refractivity contribution in [2.75, 3.05) is 18.4 Å². The summed E-state index contributed by atoms with van der Waals surface area (Å²) < 4.78 is 4.69. The molecule has 5 nitrogen and oxygen atoms in total. The van der Waals surface area contributed by atoms with Gasteiger partial charge in [0, 0.05) is 6.07 Å². The van der Waals surface area contributed by atoms with Crippen LogP contribution in [0.15, 0.2) is 16.9 Å². The van der Waals surface area contributed by atoms with E-state index in [4.69, 9.17) is 4.52 Å². The Morgan fingerprint density at radius 1 is 1.62 bits per heavy atom. The predicted molar refractivity (Wildman–Crippen MR) is 60.0 cm³/mol. The van der Waals surface area contributed by atoms with Crippen LogP contribution < -0.4 is 10.6 Å². The molecule has 1 amide bonds. The van der Waals surface area contributed by atoms with Crippen molar-refractivity contribution >= 4 is 11.7 Å². The predicted octanol–water partition coefficient (Wildman–Crippen LogP) is 1.39. The summed E-state index contributed by atoms with van der Waals surface area (Å²) >= 11 is 0. The molecule has 0 atom stereocenters. The van der Waals surface area contributed by atoms with Crippen LogP contribution >= 0.6 is 0 Å². The highest BCUT2D eigenvalue weighted by Crippen LogP contribution is 2.33. The van der Waals surface area contributed by atoms with Gasteiger partial charge in [-0.05, 0) is 32.4 Å². The van der Waals surface area contributed by atoms with E-state index in [2.05, 4.69) is 22.7 Å². The smallest absolute Gasteiger partial charge is 0.231 e. The fourth-order valence-electron chi connectivity index (χ4n) is 2.17.